The molecule has 1 nitrogen and oxygen atoms in total. The van der Waals surface area contributed by atoms with E-state index in [1.807, 2.05) is 0 Å². The van der Waals surface area contributed by atoms with Gasteiger partial charge in [-0.25, -0.2) is 0 Å². The minimum atomic E-state index is 0.111. The Bertz CT molecular complexity index is 144. The third-order valence-corrected chi connectivity index (χ3v) is 3.83. The number of rotatable bonds is 0. The van der Waals surface area contributed by atoms with E-state index in [9.17, 15) is 5.11 Å². The Morgan fingerprint density at radius 3 is 2.00 bits per heavy atom. The summed E-state index contributed by atoms with van der Waals surface area (Å²) in [6.07, 6.45) is 4.17. The minimum Gasteiger partial charge on any atom is -0.393 e. The Kier molecular flexibility index (Phi) is 0.628. The van der Waals surface area contributed by atoms with Gasteiger partial charge in [0.05, 0.1) is 6.10 Å². The first-order valence-electron chi connectivity index (χ1n) is 4.04. The highest BCUT2D eigenvalue weighted by Crippen LogP contribution is 2.63. The van der Waals surface area contributed by atoms with Gasteiger partial charge in [0.25, 0.3) is 0 Å². The van der Waals surface area contributed by atoms with Gasteiger partial charge in [0, 0.05) is 0 Å². The molecule has 0 aromatic carbocycles. The second-order valence-electron chi connectivity index (χ2n) is 4.05. The molecule has 2 bridgehead atoms. The maximum Gasteiger partial charge on any atom is 0.0599 e. The van der Waals surface area contributed by atoms with Gasteiger partial charge in [-0.2, -0.15) is 0 Å². The number of hydrogen-bond acceptors (Lipinski definition) is 1. The van der Waals surface area contributed by atoms with Crippen LogP contribution in [-0.4, -0.2) is 11.2 Å². The predicted molar refractivity (Wildman–Crippen MR) is 33.8 cm³/mol. The molecule has 3 aliphatic rings. The molecule has 3 fully saturated rings. The first-order valence-corrected chi connectivity index (χ1v) is 4.04. The molecule has 0 aliphatic heterocycles. The van der Waals surface area contributed by atoms with E-state index >= 15 is 0 Å². The lowest BCUT2D eigenvalue weighted by atomic mass is 9.63. The molecule has 1 N–H and O–H groups in total. The van der Waals surface area contributed by atoms with Crippen LogP contribution in [0, 0.1) is 23.7 Å². The normalized spacial score (nSPS) is 68.3. The average Bonchev–Trinajstić information content (AvgIpc) is 2.20. The molecular formula is C8H12O. The van der Waals surface area contributed by atoms with Crippen molar-refractivity contribution in [1.82, 2.24) is 0 Å². The Balaban J connectivity index is 2.00. The van der Waals surface area contributed by atoms with E-state index in [1.165, 1.54) is 19.3 Å². The van der Waals surface area contributed by atoms with Gasteiger partial charge in [-0.3, -0.25) is 0 Å². The molecule has 0 heterocycles. The van der Waals surface area contributed by atoms with Crippen molar-refractivity contribution in [3.05, 3.63) is 0 Å². The number of aliphatic hydroxyl groups excluding tert-OH is 1. The van der Waals surface area contributed by atoms with Gasteiger partial charge in [0.15, 0.2) is 0 Å². The molecule has 5 atom stereocenters. The van der Waals surface area contributed by atoms with Gasteiger partial charge in [-0.05, 0) is 42.9 Å². The van der Waals surface area contributed by atoms with Crippen molar-refractivity contribution in [2.45, 2.75) is 25.4 Å². The summed E-state index contributed by atoms with van der Waals surface area (Å²) in [4.78, 5) is 0. The zero-order valence-corrected chi connectivity index (χ0v) is 5.46. The van der Waals surface area contributed by atoms with Gasteiger partial charge >= 0.3 is 0 Å². The zero-order valence-electron chi connectivity index (χ0n) is 5.46. The van der Waals surface area contributed by atoms with Crippen LogP contribution in [0.15, 0.2) is 0 Å². The van der Waals surface area contributed by atoms with E-state index in [1.54, 1.807) is 0 Å². The summed E-state index contributed by atoms with van der Waals surface area (Å²) >= 11 is 0. The maximum atomic E-state index is 9.53. The van der Waals surface area contributed by atoms with Crippen molar-refractivity contribution < 1.29 is 5.11 Å². The summed E-state index contributed by atoms with van der Waals surface area (Å²) in [5.41, 5.74) is 0. The monoisotopic (exact) mass is 124 g/mol. The molecular weight excluding hydrogens is 112 g/mol. The molecule has 0 aromatic heterocycles. The van der Waals surface area contributed by atoms with Crippen LogP contribution in [0.2, 0.25) is 0 Å². The van der Waals surface area contributed by atoms with Crippen molar-refractivity contribution in [2.75, 3.05) is 0 Å². The van der Waals surface area contributed by atoms with Crippen LogP contribution in [0.25, 0.3) is 0 Å². The van der Waals surface area contributed by atoms with Crippen molar-refractivity contribution in [1.29, 1.82) is 0 Å². The van der Waals surface area contributed by atoms with E-state index in [2.05, 4.69) is 0 Å². The standard InChI is InChI=1S/C8H12O/c9-8-5-1-4-2-7(8)6(4)3-5/h4-9H,1-3H2/t4-,5-,6+,7+,8?/m0/s1. The third kappa shape index (κ3) is 0.362. The quantitative estimate of drug-likeness (QED) is 0.511. The Morgan fingerprint density at radius 1 is 0.889 bits per heavy atom. The van der Waals surface area contributed by atoms with Gasteiger partial charge < -0.3 is 5.11 Å². The first kappa shape index (κ1) is 4.73. The number of hydrogen-bond donors (Lipinski definition) is 1. The molecule has 0 amide bonds. The summed E-state index contributed by atoms with van der Waals surface area (Å²) in [6.45, 7) is 0. The molecule has 3 aliphatic carbocycles. The SMILES string of the molecule is OC1[C@H]2C[C@H]3C[C@@H]1[C@@H]3C2. The van der Waals surface area contributed by atoms with Crippen LogP contribution in [0.3, 0.4) is 0 Å². The predicted octanol–water partition coefficient (Wildman–Crippen LogP) is 1.02. The van der Waals surface area contributed by atoms with Gasteiger partial charge in [0.1, 0.15) is 0 Å². The van der Waals surface area contributed by atoms with E-state index in [-0.39, 0.29) is 6.10 Å². The Morgan fingerprint density at radius 2 is 1.67 bits per heavy atom. The van der Waals surface area contributed by atoms with Crippen molar-refractivity contribution in [3.8, 4) is 0 Å². The zero-order chi connectivity index (χ0) is 6.01. The fraction of sp³-hybridized carbons (Fsp3) is 1.00. The van der Waals surface area contributed by atoms with Crippen LogP contribution in [0.4, 0.5) is 0 Å². The average molecular weight is 124 g/mol. The highest BCUT2D eigenvalue weighted by molar-refractivity contribution is 5.08. The lowest BCUT2D eigenvalue weighted by molar-refractivity contribution is -0.0395. The summed E-state index contributed by atoms with van der Waals surface area (Å²) in [5.74, 6) is 3.47. The Hall–Kier alpha value is -0.0400. The van der Waals surface area contributed by atoms with Crippen LogP contribution >= 0.6 is 0 Å². The number of fused-ring (bicyclic) bond motifs is 1. The molecule has 9 heavy (non-hydrogen) atoms. The molecule has 1 heteroatoms. The van der Waals surface area contributed by atoms with Gasteiger partial charge in [-0.15, -0.1) is 0 Å². The Labute approximate surface area is 55.1 Å². The van der Waals surface area contributed by atoms with E-state index < -0.39 is 0 Å². The largest absolute Gasteiger partial charge is 0.393 e. The van der Waals surface area contributed by atoms with Crippen molar-refractivity contribution >= 4 is 0 Å². The lowest BCUT2D eigenvalue weighted by Gasteiger charge is -2.44. The highest BCUT2D eigenvalue weighted by Gasteiger charge is 2.59. The summed E-state index contributed by atoms with van der Waals surface area (Å²) in [7, 11) is 0. The third-order valence-electron chi connectivity index (χ3n) is 3.83. The molecule has 50 valence electrons. The van der Waals surface area contributed by atoms with E-state index in [0.717, 1.165) is 23.7 Å². The minimum absolute atomic E-state index is 0.111. The summed E-state index contributed by atoms with van der Waals surface area (Å²) in [6, 6.07) is 0. The van der Waals surface area contributed by atoms with Crippen LogP contribution < -0.4 is 0 Å². The molecule has 0 aromatic rings. The molecule has 0 spiro atoms. The number of aliphatic hydroxyl groups is 1. The fourth-order valence-corrected chi connectivity index (χ4v) is 3.35. The summed E-state index contributed by atoms with van der Waals surface area (Å²) < 4.78 is 0. The van der Waals surface area contributed by atoms with Crippen molar-refractivity contribution in [3.63, 3.8) is 0 Å². The van der Waals surface area contributed by atoms with Crippen molar-refractivity contribution in [2.24, 2.45) is 23.7 Å². The topological polar surface area (TPSA) is 20.2 Å². The molecule has 1 unspecified atom stereocenters. The van der Waals surface area contributed by atoms with E-state index in [0.29, 0.717) is 0 Å². The fourth-order valence-electron chi connectivity index (χ4n) is 3.35. The molecule has 0 radical (unpaired) electrons. The van der Waals surface area contributed by atoms with Crippen LogP contribution in [0.5, 0.6) is 0 Å². The van der Waals surface area contributed by atoms with Crippen LogP contribution in [0.1, 0.15) is 19.3 Å². The van der Waals surface area contributed by atoms with E-state index in [4.69, 9.17) is 0 Å². The van der Waals surface area contributed by atoms with Gasteiger partial charge in [-0.1, -0.05) is 0 Å². The summed E-state index contributed by atoms with van der Waals surface area (Å²) in [5, 5.41) is 9.53. The molecule has 3 saturated carbocycles. The second kappa shape index (κ2) is 1.20. The molecule has 0 saturated heterocycles. The lowest BCUT2D eigenvalue weighted by Crippen LogP contribution is -2.42. The van der Waals surface area contributed by atoms with Crippen LogP contribution in [-0.2, 0) is 0 Å². The maximum absolute atomic E-state index is 9.53. The molecule has 3 rings (SSSR count). The highest BCUT2D eigenvalue weighted by atomic mass is 16.3. The smallest absolute Gasteiger partial charge is 0.0599 e. The van der Waals surface area contributed by atoms with Gasteiger partial charge in [0.2, 0.25) is 0 Å². The second-order valence-corrected chi connectivity index (χ2v) is 4.05. The first-order chi connectivity index (χ1) is 4.36.